The molecule has 1 aromatic carbocycles. The number of hydrogen-bond donors (Lipinski definition) is 0. The van der Waals surface area contributed by atoms with Crippen molar-refractivity contribution in [2.45, 2.75) is 13.2 Å². The molecule has 24 heavy (non-hydrogen) atoms. The van der Waals surface area contributed by atoms with E-state index in [1.807, 2.05) is 13.0 Å². The van der Waals surface area contributed by atoms with Gasteiger partial charge in [0.15, 0.2) is 5.82 Å². The maximum Gasteiger partial charge on any atom is 0.222 e. The summed E-state index contributed by atoms with van der Waals surface area (Å²) >= 11 is 0. The monoisotopic (exact) mass is 324 g/mol. The molecule has 1 saturated heterocycles. The van der Waals surface area contributed by atoms with Crippen LogP contribution in [0.2, 0.25) is 0 Å². The zero-order valence-electron chi connectivity index (χ0n) is 13.3. The Morgan fingerprint density at radius 3 is 2.42 bits per heavy atom. The lowest BCUT2D eigenvalue weighted by atomic mass is 10.1. The van der Waals surface area contributed by atoms with Crippen LogP contribution in [0, 0.1) is 23.6 Å². The van der Waals surface area contributed by atoms with E-state index in [-0.39, 0.29) is 11.7 Å². The summed E-state index contributed by atoms with van der Waals surface area (Å²) in [4.78, 5) is 8.50. The fourth-order valence-corrected chi connectivity index (χ4v) is 2.27. The van der Waals surface area contributed by atoms with Crippen LogP contribution in [-0.2, 0) is 9.47 Å². The third-order valence-electron chi connectivity index (χ3n) is 3.48. The van der Waals surface area contributed by atoms with Crippen LogP contribution in [0.4, 0.5) is 4.39 Å². The van der Waals surface area contributed by atoms with Gasteiger partial charge in [-0.3, -0.25) is 0 Å². The topological polar surface area (TPSA) is 44.2 Å². The second-order valence-electron chi connectivity index (χ2n) is 5.36. The average Bonchev–Trinajstić information content (AvgIpc) is 2.63. The molecule has 4 nitrogen and oxygen atoms in total. The van der Waals surface area contributed by atoms with Gasteiger partial charge in [0.1, 0.15) is 5.82 Å². The summed E-state index contributed by atoms with van der Waals surface area (Å²) in [5.74, 6) is 6.39. The highest BCUT2D eigenvalue weighted by molar-refractivity contribution is 5.54. The smallest absolute Gasteiger partial charge is 0.222 e. The molecule has 0 unspecified atom stereocenters. The first-order valence-corrected chi connectivity index (χ1v) is 7.70. The van der Waals surface area contributed by atoms with Gasteiger partial charge < -0.3 is 9.47 Å². The number of benzene rings is 1. The van der Waals surface area contributed by atoms with E-state index in [1.54, 1.807) is 24.5 Å². The van der Waals surface area contributed by atoms with Gasteiger partial charge in [-0.25, -0.2) is 14.4 Å². The predicted octanol–water partition coefficient (Wildman–Crippen LogP) is 3.20. The fraction of sp³-hybridized carbons (Fsp3) is 0.263. The number of nitrogens with zero attached hydrogens (tertiary/aromatic N) is 2. The Bertz CT molecular complexity index is 753. The quantitative estimate of drug-likeness (QED) is 0.628. The lowest BCUT2D eigenvalue weighted by Gasteiger charge is -2.24. The van der Waals surface area contributed by atoms with Crippen LogP contribution in [0.3, 0.4) is 0 Å². The molecule has 0 amide bonds. The lowest BCUT2D eigenvalue weighted by Crippen LogP contribution is -2.30. The second kappa shape index (κ2) is 7.82. The van der Waals surface area contributed by atoms with E-state index in [9.17, 15) is 4.39 Å². The molecule has 0 N–H and O–H groups in total. The first kappa shape index (κ1) is 16.3. The summed E-state index contributed by atoms with van der Waals surface area (Å²) in [6, 6.07) is 6.04. The summed E-state index contributed by atoms with van der Waals surface area (Å²) < 4.78 is 24.0. The van der Waals surface area contributed by atoms with Crippen LogP contribution in [0.5, 0.6) is 0 Å². The summed E-state index contributed by atoms with van der Waals surface area (Å²) in [5.41, 5.74) is 1.42. The Morgan fingerprint density at radius 1 is 1.12 bits per heavy atom. The van der Waals surface area contributed by atoms with Crippen molar-refractivity contribution < 1.29 is 13.9 Å². The van der Waals surface area contributed by atoms with E-state index >= 15 is 0 Å². The fourth-order valence-electron chi connectivity index (χ4n) is 2.27. The van der Waals surface area contributed by atoms with Gasteiger partial charge in [0, 0.05) is 23.9 Å². The van der Waals surface area contributed by atoms with E-state index in [0.717, 1.165) is 5.56 Å². The number of allylic oxidation sites excluding steroid dienone is 1. The number of aromatic nitrogens is 2. The zero-order valence-corrected chi connectivity index (χ0v) is 13.3. The summed E-state index contributed by atoms with van der Waals surface area (Å²) in [7, 11) is 0. The minimum absolute atomic E-state index is 0.284. The molecule has 1 aliphatic rings. The number of ether oxygens (including phenoxy) is 2. The largest absolute Gasteiger partial charge is 0.341 e. The second-order valence-corrected chi connectivity index (χ2v) is 5.36. The van der Waals surface area contributed by atoms with Crippen molar-refractivity contribution in [3.8, 4) is 23.2 Å². The predicted molar refractivity (Wildman–Crippen MR) is 88.3 cm³/mol. The molecule has 1 fully saturated rings. The van der Waals surface area contributed by atoms with Crippen LogP contribution in [-0.4, -0.2) is 29.5 Å². The molecular formula is C19H17FN2O2. The first-order valence-electron chi connectivity index (χ1n) is 7.70. The standard InChI is InChI=1S/C19H17FN2O2/c1-2-3-15-12-23-18(24-13-15)9-4-14-10-21-19(22-11-14)16-5-7-17(20)8-6-16/h2-3,5-8,10-11,15,18H,12-13H2,1H3/b3-2+. The van der Waals surface area contributed by atoms with Crippen molar-refractivity contribution in [1.29, 1.82) is 0 Å². The van der Waals surface area contributed by atoms with E-state index < -0.39 is 6.29 Å². The van der Waals surface area contributed by atoms with Crippen LogP contribution < -0.4 is 0 Å². The Morgan fingerprint density at radius 2 is 1.79 bits per heavy atom. The zero-order chi connectivity index (χ0) is 16.8. The highest BCUT2D eigenvalue weighted by Gasteiger charge is 2.18. The van der Waals surface area contributed by atoms with Gasteiger partial charge in [-0.05, 0) is 37.1 Å². The SMILES string of the molecule is C/C=C/C1COC(C#Cc2cnc(-c3ccc(F)cc3)nc2)OC1. The molecule has 2 heterocycles. The molecule has 0 saturated carbocycles. The van der Waals surface area contributed by atoms with Crippen LogP contribution in [0.1, 0.15) is 12.5 Å². The van der Waals surface area contributed by atoms with Gasteiger partial charge in [-0.15, -0.1) is 0 Å². The highest BCUT2D eigenvalue weighted by atomic mass is 19.1. The van der Waals surface area contributed by atoms with Gasteiger partial charge in [0.25, 0.3) is 0 Å². The normalized spacial score (nSPS) is 20.6. The van der Waals surface area contributed by atoms with Crippen molar-refractivity contribution in [2.24, 2.45) is 5.92 Å². The van der Waals surface area contributed by atoms with Crippen LogP contribution >= 0.6 is 0 Å². The Hall–Kier alpha value is -2.55. The van der Waals surface area contributed by atoms with Gasteiger partial charge in [-0.1, -0.05) is 18.1 Å². The average molecular weight is 324 g/mol. The van der Waals surface area contributed by atoms with Crippen molar-refractivity contribution in [3.63, 3.8) is 0 Å². The molecule has 1 aliphatic heterocycles. The third kappa shape index (κ3) is 4.25. The molecule has 1 aromatic heterocycles. The number of rotatable bonds is 2. The lowest BCUT2D eigenvalue weighted by molar-refractivity contribution is -0.160. The molecule has 122 valence electrons. The van der Waals surface area contributed by atoms with Crippen LogP contribution in [0.25, 0.3) is 11.4 Å². The molecule has 3 rings (SSSR count). The van der Waals surface area contributed by atoms with E-state index in [2.05, 4.69) is 27.9 Å². The van der Waals surface area contributed by atoms with E-state index in [4.69, 9.17) is 9.47 Å². The van der Waals surface area contributed by atoms with Gasteiger partial charge in [0.05, 0.1) is 18.8 Å². The summed E-state index contributed by atoms with van der Waals surface area (Å²) in [6.07, 6.45) is 6.78. The minimum atomic E-state index is -0.525. The van der Waals surface area contributed by atoms with Gasteiger partial charge in [0.2, 0.25) is 6.29 Å². The summed E-state index contributed by atoms with van der Waals surface area (Å²) in [5, 5.41) is 0. The maximum absolute atomic E-state index is 12.9. The Labute approximate surface area is 140 Å². The van der Waals surface area contributed by atoms with Crippen molar-refractivity contribution in [3.05, 3.63) is 60.2 Å². The van der Waals surface area contributed by atoms with Crippen molar-refractivity contribution in [2.75, 3.05) is 13.2 Å². The molecule has 0 atom stereocenters. The van der Waals surface area contributed by atoms with Crippen molar-refractivity contribution >= 4 is 0 Å². The van der Waals surface area contributed by atoms with Crippen molar-refractivity contribution in [1.82, 2.24) is 9.97 Å². The molecule has 0 spiro atoms. The minimum Gasteiger partial charge on any atom is -0.341 e. The first-order chi connectivity index (χ1) is 11.7. The van der Waals surface area contributed by atoms with E-state index in [0.29, 0.717) is 24.6 Å². The molecule has 2 aromatic rings. The highest BCUT2D eigenvalue weighted by Crippen LogP contribution is 2.15. The molecule has 0 aliphatic carbocycles. The Kier molecular flexibility index (Phi) is 5.32. The van der Waals surface area contributed by atoms with E-state index in [1.165, 1.54) is 12.1 Å². The number of halogens is 1. The molecular weight excluding hydrogens is 307 g/mol. The maximum atomic E-state index is 12.9. The molecule has 0 bridgehead atoms. The van der Waals surface area contributed by atoms with Gasteiger partial charge in [-0.2, -0.15) is 0 Å². The van der Waals surface area contributed by atoms with Gasteiger partial charge >= 0.3 is 0 Å². The molecule has 0 radical (unpaired) electrons. The Balaban J connectivity index is 1.62. The third-order valence-corrected chi connectivity index (χ3v) is 3.48. The molecule has 5 heteroatoms. The summed E-state index contributed by atoms with van der Waals surface area (Å²) in [6.45, 7) is 3.18. The number of hydrogen-bond acceptors (Lipinski definition) is 4. The van der Waals surface area contributed by atoms with Crippen LogP contribution in [0.15, 0.2) is 48.8 Å².